The molecule has 32 heavy (non-hydrogen) atoms. The second-order valence-electron chi connectivity index (χ2n) is 8.74. The predicted molar refractivity (Wildman–Crippen MR) is 130 cm³/mol. The van der Waals surface area contributed by atoms with Gasteiger partial charge >= 0.3 is 0 Å². The van der Waals surface area contributed by atoms with Crippen molar-refractivity contribution in [2.24, 2.45) is 0 Å². The van der Waals surface area contributed by atoms with E-state index in [2.05, 4.69) is 20.6 Å². The summed E-state index contributed by atoms with van der Waals surface area (Å²) in [6.07, 6.45) is 3.88. The highest BCUT2D eigenvalue weighted by Crippen LogP contribution is 2.33. The van der Waals surface area contributed by atoms with Crippen LogP contribution in [0.5, 0.6) is 5.75 Å². The Morgan fingerprint density at radius 2 is 2.09 bits per heavy atom. The van der Waals surface area contributed by atoms with Gasteiger partial charge in [0.05, 0.1) is 23.0 Å². The molecule has 0 saturated heterocycles. The number of aromatic nitrogens is 2. The number of thiophene rings is 1. The van der Waals surface area contributed by atoms with Crippen LogP contribution in [-0.4, -0.2) is 39.7 Å². The lowest BCUT2D eigenvalue weighted by atomic mass is 10.00. The van der Waals surface area contributed by atoms with Gasteiger partial charge in [-0.25, -0.2) is 9.97 Å². The van der Waals surface area contributed by atoms with Gasteiger partial charge in [-0.05, 0) is 70.2 Å². The molecule has 3 N–H and O–H groups in total. The van der Waals surface area contributed by atoms with Crippen molar-refractivity contribution >= 4 is 33.3 Å². The number of nitrogens with zero attached hydrogens (tertiary/aromatic N) is 2. The van der Waals surface area contributed by atoms with Gasteiger partial charge in [0.1, 0.15) is 22.7 Å². The molecular weight excluding hydrogens is 424 g/mol. The number of aliphatic hydroxyl groups is 1. The number of carbonyl (C=O) groups excluding carboxylic acids is 1. The first kappa shape index (κ1) is 23.9. The maximum absolute atomic E-state index is 12.9. The number of anilines is 1. The first-order valence-electron chi connectivity index (χ1n) is 10.8. The van der Waals surface area contributed by atoms with Crippen LogP contribution < -0.4 is 15.4 Å². The molecule has 3 aromatic rings. The lowest BCUT2D eigenvalue weighted by molar-refractivity contribution is 0.0674. The van der Waals surface area contributed by atoms with Gasteiger partial charge in [-0.2, -0.15) is 0 Å². The van der Waals surface area contributed by atoms with Crippen molar-refractivity contribution in [3.8, 4) is 5.75 Å². The number of methoxy groups -OCH3 is 1. The Bertz CT molecular complexity index is 1070. The Labute approximate surface area is 193 Å². The van der Waals surface area contributed by atoms with Crippen LogP contribution in [0.1, 0.15) is 60.8 Å². The van der Waals surface area contributed by atoms with Gasteiger partial charge in [-0.1, -0.05) is 12.1 Å². The summed E-state index contributed by atoms with van der Waals surface area (Å²) in [5.41, 5.74) is 1.26. The lowest BCUT2D eigenvalue weighted by Crippen LogP contribution is -2.32. The Morgan fingerprint density at radius 1 is 1.31 bits per heavy atom. The molecule has 1 unspecified atom stereocenters. The van der Waals surface area contributed by atoms with Crippen LogP contribution in [0.25, 0.3) is 10.2 Å². The molecule has 2 aromatic heterocycles. The number of amides is 1. The molecular formula is C24H32N4O3S. The van der Waals surface area contributed by atoms with Gasteiger partial charge in [0.25, 0.3) is 5.91 Å². The van der Waals surface area contributed by atoms with Gasteiger partial charge < -0.3 is 20.5 Å². The molecule has 0 aliphatic heterocycles. The standard InChI is InChI=1S/C24H32N4O3S/c1-15(8-7-11-24(3,4)30)28-22(29)20-16(2)19-21(26-14-27-23(19)32-20)25-13-17-9-6-10-18(12-17)31-5/h6,9-10,12,14-15,30H,7-8,11,13H2,1-5H3,(H,28,29)(H,25,26,27). The molecule has 1 aromatic carbocycles. The van der Waals surface area contributed by atoms with Crippen LogP contribution in [0.15, 0.2) is 30.6 Å². The zero-order valence-corrected chi connectivity index (χ0v) is 20.2. The second kappa shape index (κ2) is 10.3. The van der Waals surface area contributed by atoms with E-state index in [4.69, 9.17) is 4.74 Å². The van der Waals surface area contributed by atoms with Gasteiger partial charge in [-0.15, -0.1) is 11.3 Å². The first-order valence-corrected chi connectivity index (χ1v) is 11.6. The summed E-state index contributed by atoms with van der Waals surface area (Å²) in [6.45, 7) is 8.12. The fraction of sp³-hybridized carbons (Fsp3) is 0.458. The molecule has 172 valence electrons. The summed E-state index contributed by atoms with van der Waals surface area (Å²) in [6, 6.07) is 7.88. The van der Waals surface area contributed by atoms with E-state index in [0.29, 0.717) is 23.7 Å². The summed E-state index contributed by atoms with van der Waals surface area (Å²) in [7, 11) is 1.65. The largest absolute Gasteiger partial charge is 0.497 e. The number of ether oxygens (including phenoxy) is 1. The van der Waals surface area contributed by atoms with Crippen LogP contribution >= 0.6 is 11.3 Å². The molecule has 0 spiro atoms. The number of rotatable bonds is 10. The fourth-order valence-electron chi connectivity index (χ4n) is 3.59. The first-order chi connectivity index (χ1) is 15.2. The molecule has 0 bridgehead atoms. The Hall–Kier alpha value is -2.71. The van der Waals surface area contributed by atoms with E-state index in [1.807, 2.05) is 38.1 Å². The maximum Gasteiger partial charge on any atom is 0.261 e. The van der Waals surface area contributed by atoms with E-state index >= 15 is 0 Å². The van der Waals surface area contributed by atoms with Crippen molar-refractivity contribution < 1.29 is 14.6 Å². The van der Waals surface area contributed by atoms with Gasteiger partial charge in [0.2, 0.25) is 0 Å². The molecule has 0 fully saturated rings. The third-order valence-corrected chi connectivity index (χ3v) is 6.53. The SMILES string of the molecule is COc1cccc(CNc2ncnc3sc(C(=O)NC(C)CCCC(C)(C)O)c(C)c23)c1. The van der Waals surface area contributed by atoms with Crippen molar-refractivity contribution in [2.45, 2.75) is 65.1 Å². The van der Waals surface area contributed by atoms with Crippen molar-refractivity contribution in [3.63, 3.8) is 0 Å². The van der Waals surface area contributed by atoms with Crippen LogP contribution in [0.4, 0.5) is 5.82 Å². The third kappa shape index (κ3) is 6.17. The van der Waals surface area contributed by atoms with Crippen molar-refractivity contribution in [1.29, 1.82) is 0 Å². The smallest absolute Gasteiger partial charge is 0.261 e. The van der Waals surface area contributed by atoms with E-state index in [1.54, 1.807) is 21.0 Å². The van der Waals surface area contributed by atoms with E-state index in [-0.39, 0.29) is 11.9 Å². The van der Waals surface area contributed by atoms with E-state index in [9.17, 15) is 9.90 Å². The monoisotopic (exact) mass is 456 g/mol. The average molecular weight is 457 g/mol. The number of carbonyl (C=O) groups is 1. The molecule has 0 aliphatic rings. The average Bonchev–Trinajstić information content (AvgIpc) is 3.09. The number of nitrogens with one attached hydrogen (secondary N) is 2. The number of hydrogen-bond donors (Lipinski definition) is 3. The molecule has 0 saturated carbocycles. The molecule has 3 rings (SSSR count). The lowest BCUT2D eigenvalue weighted by Gasteiger charge is -2.19. The number of fused-ring (bicyclic) bond motifs is 1. The zero-order chi connectivity index (χ0) is 23.3. The van der Waals surface area contributed by atoms with Crippen molar-refractivity contribution in [1.82, 2.24) is 15.3 Å². The van der Waals surface area contributed by atoms with Crippen LogP contribution in [0, 0.1) is 6.92 Å². The van der Waals surface area contributed by atoms with Crippen LogP contribution in [0.2, 0.25) is 0 Å². The van der Waals surface area contributed by atoms with Gasteiger partial charge in [0.15, 0.2) is 0 Å². The van der Waals surface area contributed by atoms with E-state index in [1.165, 1.54) is 17.7 Å². The number of benzene rings is 1. The molecule has 0 radical (unpaired) electrons. The molecule has 0 aliphatic carbocycles. The topological polar surface area (TPSA) is 96.4 Å². The second-order valence-corrected chi connectivity index (χ2v) is 9.74. The Balaban J connectivity index is 1.71. The van der Waals surface area contributed by atoms with Crippen LogP contribution in [-0.2, 0) is 6.54 Å². The Morgan fingerprint density at radius 3 is 2.81 bits per heavy atom. The highest BCUT2D eigenvalue weighted by atomic mass is 32.1. The maximum atomic E-state index is 12.9. The molecule has 2 heterocycles. The van der Waals surface area contributed by atoms with Crippen LogP contribution in [0.3, 0.4) is 0 Å². The molecule has 8 heteroatoms. The quantitative estimate of drug-likeness (QED) is 0.410. The zero-order valence-electron chi connectivity index (χ0n) is 19.4. The summed E-state index contributed by atoms with van der Waals surface area (Å²) < 4.78 is 5.29. The number of aryl methyl sites for hydroxylation is 1. The minimum Gasteiger partial charge on any atom is -0.497 e. The number of hydrogen-bond acceptors (Lipinski definition) is 7. The summed E-state index contributed by atoms with van der Waals surface area (Å²) in [4.78, 5) is 23.2. The summed E-state index contributed by atoms with van der Waals surface area (Å²) in [5.74, 6) is 1.42. The third-order valence-electron chi connectivity index (χ3n) is 5.33. The molecule has 7 nitrogen and oxygen atoms in total. The van der Waals surface area contributed by atoms with Crippen molar-refractivity contribution in [2.75, 3.05) is 12.4 Å². The Kier molecular flexibility index (Phi) is 7.69. The normalized spacial score (nSPS) is 12.6. The fourth-order valence-corrected chi connectivity index (χ4v) is 4.64. The predicted octanol–water partition coefficient (Wildman–Crippen LogP) is 4.68. The highest BCUT2D eigenvalue weighted by molar-refractivity contribution is 7.20. The van der Waals surface area contributed by atoms with Crippen molar-refractivity contribution in [3.05, 3.63) is 46.6 Å². The summed E-state index contributed by atoms with van der Waals surface area (Å²) in [5, 5.41) is 17.2. The van der Waals surface area contributed by atoms with E-state index in [0.717, 1.165) is 39.9 Å². The van der Waals surface area contributed by atoms with Gasteiger partial charge in [-0.3, -0.25) is 4.79 Å². The summed E-state index contributed by atoms with van der Waals surface area (Å²) >= 11 is 1.38. The minimum atomic E-state index is -0.682. The van der Waals surface area contributed by atoms with E-state index < -0.39 is 5.60 Å². The molecule has 1 amide bonds. The molecule has 1 atom stereocenters. The highest BCUT2D eigenvalue weighted by Gasteiger charge is 2.21. The minimum absolute atomic E-state index is 0.0196. The van der Waals surface area contributed by atoms with Gasteiger partial charge in [0, 0.05) is 12.6 Å².